The van der Waals surface area contributed by atoms with E-state index in [2.05, 4.69) is 112 Å². The van der Waals surface area contributed by atoms with Crippen LogP contribution in [0.2, 0.25) is 0 Å². The normalized spacial score (nSPS) is 12.2. The maximum Gasteiger partial charge on any atom is -0.0105 e. The second-order valence-electron chi connectivity index (χ2n) is 7.16. The van der Waals surface area contributed by atoms with Gasteiger partial charge in [0.05, 0.1) is 0 Å². The summed E-state index contributed by atoms with van der Waals surface area (Å²) < 4.78 is 0. The Bertz CT molecular complexity index is 801. The van der Waals surface area contributed by atoms with Crippen LogP contribution in [0.3, 0.4) is 0 Å². The van der Waals surface area contributed by atoms with Crippen LogP contribution >= 0.6 is 0 Å². The Morgan fingerprint density at radius 2 is 1.12 bits per heavy atom. The molecule has 0 aliphatic carbocycles. The molecule has 0 bridgehead atoms. The molecule has 0 spiro atoms. The van der Waals surface area contributed by atoms with E-state index in [0.717, 1.165) is 0 Å². The molecule has 0 amide bonds. The van der Waals surface area contributed by atoms with Crippen molar-refractivity contribution in [3.05, 3.63) is 107 Å². The molecule has 24 heavy (non-hydrogen) atoms. The summed E-state index contributed by atoms with van der Waals surface area (Å²) in [7, 11) is 0. The molecule has 0 aliphatic heterocycles. The minimum atomic E-state index is 0.175. The van der Waals surface area contributed by atoms with Crippen molar-refractivity contribution in [3.8, 4) is 0 Å². The van der Waals surface area contributed by atoms with Crippen molar-refractivity contribution in [2.24, 2.45) is 0 Å². The van der Waals surface area contributed by atoms with E-state index in [9.17, 15) is 0 Å². The fraction of sp³-hybridized carbons (Fsp3) is 0.167. The molecule has 0 fully saturated rings. The third-order valence-electron chi connectivity index (χ3n) is 4.26. The molecule has 3 aromatic rings. The standard InChI is InChI=1S/C24H24/c1-24(2,3)22-16-14-21(15-17-22)23(20-12-8-5-9-13-20)18-19-10-6-4-7-11-19/h4-18H,1-3H3/b23-18+. The first kappa shape index (κ1) is 16.3. The number of hydrogen-bond donors (Lipinski definition) is 0. The van der Waals surface area contributed by atoms with Gasteiger partial charge in [-0.3, -0.25) is 0 Å². The molecule has 3 aromatic carbocycles. The first-order valence-corrected chi connectivity index (χ1v) is 8.47. The topological polar surface area (TPSA) is 0 Å². The zero-order valence-electron chi connectivity index (χ0n) is 14.7. The van der Waals surface area contributed by atoms with Crippen LogP contribution < -0.4 is 0 Å². The van der Waals surface area contributed by atoms with Crippen molar-refractivity contribution in [2.75, 3.05) is 0 Å². The molecule has 0 saturated carbocycles. The molecule has 3 rings (SSSR count). The van der Waals surface area contributed by atoms with E-state index in [0.29, 0.717) is 0 Å². The van der Waals surface area contributed by atoms with Gasteiger partial charge in [0.2, 0.25) is 0 Å². The summed E-state index contributed by atoms with van der Waals surface area (Å²) in [5, 5.41) is 0. The summed E-state index contributed by atoms with van der Waals surface area (Å²) in [6.45, 7) is 6.75. The monoisotopic (exact) mass is 312 g/mol. The Hall–Kier alpha value is -2.60. The second-order valence-corrected chi connectivity index (χ2v) is 7.16. The first-order valence-electron chi connectivity index (χ1n) is 8.47. The van der Waals surface area contributed by atoms with Gasteiger partial charge in [-0.15, -0.1) is 0 Å². The van der Waals surface area contributed by atoms with Gasteiger partial charge < -0.3 is 0 Å². The van der Waals surface area contributed by atoms with Crippen molar-refractivity contribution >= 4 is 11.6 Å². The maximum absolute atomic E-state index is 2.27. The molecule has 0 saturated heterocycles. The lowest BCUT2D eigenvalue weighted by Gasteiger charge is -2.19. The van der Waals surface area contributed by atoms with Crippen molar-refractivity contribution in [2.45, 2.75) is 26.2 Å². The van der Waals surface area contributed by atoms with Gasteiger partial charge >= 0.3 is 0 Å². The summed E-state index contributed by atoms with van der Waals surface area (Å²) in [5.74, 6) is 0. The van der Waals surface area contributed by atoms with Crippen LogP contribution in [-0.2, 0) is 5.41 Å². The van der Waals surface area contributed by atoms with E-state index < -0.39 is 0 Å². The number of benzene rings is 3. The molecule has 0 atom stereocenters. The van der Waals surface area contributed by atoms with Crippen LogP contribution in [0.4, 0.5) is 0 Å². The maximum atomic E-state index is 2.27. The molecule has 0 unspecified atom stereocenters. The Kier molecular flexibility index (Phi) is 4.66. The van der Waals surface area contributed by atoms with Crippen molar-refractivity contribution in [1.29, 1.82) is 0 Å². The molecular formula is C24H24. The molecule has 0 heteroatoms. The van der Waals surface area contributed by atoms with E-state index in [-0.39, 0.29) is 5.41 Å². The Morgan fingerprint density at radius 1 is 0.625 bits per heavy atom. The summed E-state index contributed by atoms with van der Waals surface area (Å²) in [5.41, 5.74) is 6.49. The lowest BCUT2D eigenvalue weighted by molar-refractivity contribution is 0.590. The number of rotatable bonds is 3. The Morgan fingerprint density at radius 3 is 1.67 bits per heavy atom. The van der Waals surface area contributed by atoms with Gasteiger partial charge in [-0.1, -0.05) is 106 Å². The molecule has 0 N–H and O–H groups in total. The highest BCUT2D eigenvalue weighted by Gasteiger charge is 2.14. The van der Waals surface area contributed by atoms with Gasteiger partial charge in [0, 0.05) is 0 Å². The van der Waals surface area contributed by atoms with Crippen molar-refractivity contribution in [1.82, 2.24) is 0 Å². The zero-order chi connectivity index (χ0) is 17.0. The smallest absolute Gasteiger partial charge is 0.0105 e. The lowest BCUT2D eigenvalue weighted by Crippen LogP contribution is -2.10. The first-order chi connectivity index (χ1) is 11.5. The van der Waals surface area contributed by atoms with Gasteiger partial charge in [0.1, 0.15) is 0 Å². The van der Waals surface area contributed by atoms with Crippen LogP contribution in [0.25, 0.3) is 11.6 Å². The quantitative estimate of drug-likeness (QED) is 0.480. The summed E-state index contributed by atoms with van der Waals surface area (Å²) in [4.78, 5) is 0. The van der Waals surface area contributed by atoms with Crippen LogP contribution in [0.15, 0.2) is 84.9 Å². The van der Waals surface area contributed by atoms with E-state index in [1.165, 1.54) is 27.8 Å². The molecule has 0 aromatic heterocycles. The average molecular weight is 312 g/mol. The van der Waals surface area contributed by atoms with Gasteiger partial charge in [0.15, 0.2) is 0 Å². The largest absolute Gasteiger partial charge is 0.0622 e. The van der Waals surface area contributed by atoms with Gasteiger partial charge in [-0.05, 0) is 39.3 Å². The SMILES string of the molecule is CC(C)(C)c1ccc(/C(=C/c2ccccc2)c2ccccc2)cc1. The molecule has 0 nitrogen and oxygen atoms in total. The molecule has 120 valence electrons. The molecule has 0 heterocycles. The third-order valence-corrected chi connectivity index (χ3v) is 4.26. The van der Waals surface area contributed by atoms with E-state index >= 15 is 0 Å². The van der Waals surface area contributed by atoms with Crippen LogP contribution in [0.1, 0.15) is 43.0 Å². The van der Waals surface area contributed by atoms with E-state index in [1.807, 2.05) is 0 Å². The third kappa shape index (κ3) is 3.83. The van der Waals surface area contributed by atoms with E-state index in [1.54, 1.807) is 0 Å². The average Bonchev–Trinajstić information content (AvgIpc) is 2.61. The number of hydrogen-bond acceptors (Lipinski definition) is 0. The van der Waals surface area contributed by atoms with Gasteiger partial charge in [-0.2, -0.15) is 0 Å². The highest BCUT2D eigenvalue weighted by molar-refractivity contribution is 5.91. The predicted octanol–water partition coefficient (Wildman–Crippen LogP) is 6.57. The van der Waals surface area contributed by atoms with Gasteiger partial charge in [0.25, 0.3) is 0 Å². The summed E-state index contributed by atoms with van der Waals surface area (Å²) >= 11 is 0. The highest BCUT2D eigenvalue weighted by Crippen LogP contribution is 2.29. The van der Waals surface area contributed by atoms with Crippen molar-refractivity contribution < 1.29 is 0 Å². The van der Waals surface area contributed by atoms with Crippen LogP contribution in [0, 0.1) is 0 Å². The highest BCUT2D eigenvalue weighted by atomic mass is 14.2. The van der Waals surface area contributed by atoms with Crippen molar-refractivity contribution in [3.63, 3.8) is 0 Å². The molecule has 0 radical (unpaired) electrons. The summed E-state index contributed by atoms with van der Waals surface area (Å²) in [6, 6.07) is 30.1. The predicted molar refractivity (Wildman–Crippen MR) is 105 cm³/mol. The second kappa shape index (κ2) is 6.88. The lowest BCUT2D eigenvalue weighted by atomic mass is 9.85. The minimum Gasteiger partial charge on any atom is -0.0622 e. The minimum absolute atomic E-state index is 0.175. The fourth-order valence-corrected chi connectivity index (χ4v) is 2.82. The molecule has 0 aliphatic rings. The zero-order valence-corrected chi connectivity index (χ0v) is 14.7. The van der Waals surface area contributed by atoms with Crippen LogP contribution in [-0.4, -0.2) is 0 Å². The molecular weight excluding hydrogens is 288 g/mol. The van der Waals surface area contributed by atoms with Crippen LogP contribution in [0.5, 0.6) is 0 Å². The van der Waals surface area contributed by atoms with Gasteiger partial charge in [-0.25, -0.2) is 0 Å². The Labute approximate surface area is 145 Å². The summed E-state index contributed by atoms with van der Waals surface area (Å²) in [6.07, 6.45) is 2.27. The fourth-order valence-electron chi connectivity index (χ4n) is 2.82. The Balaban J connectivity index is 2.07. The van der Waals surface area contributed by atoms with E-state index in [4.69, 9.17) is 0 Å².